The molecule has 5 rings (SSSR count). The first-order valence-electron chi connectivity index (χ1n) is 10.5. The molecule has 8 heteroatoms. The van der Waals surface area contributed by atoms with Gasteiger partial charge in [-0.15, -0.1) is 0 Å². The zero-order chi connectivity index (χ0) is 22.4. The van der Waals surface area contributed by atoms with Crippen LogP contribution in [0.25, 0.3) is 22.8 Å². The molecule has 1 amide bonds. The fraction of sp³-hybridized carbons (Fsp3) is 0.250. The number of aryl methyl sites for hydroxylation is 2. The maximum Gasteiger partial charge on any atom is 0.256 e. The van der Waals surface area contributed by atoms with Gasteiger partial charge in [-0.05, 0) is 43.2 Å². The minimum absolute atomic E-state index is 0.0113. The second kappa shape index (κ2) is 7.71. The summed E-state index contributed by atoms with van der Waals surface area (Å²) in [6, 6.07) is 8.92. The number of hydrogen-bond donors (Lipinski definition) is 1. The quantitative estimate of drug-likeness (QED) is 0.523. The monoisotopic (exact) mass is 430 g/mol. The minimum atomic E-state index is -1.13. The summed E-state index contributed by atoms with van der Waals surface area (Å²) in [7, 11) is 0. The van der Waals surface area contributed by atoms with Crippen LogP contribution >= 0.6 is 0 Å². The first-order valence-corrected chi connectivity index (χ1v) is 10.5. The van der Waals surface area contributed by atoms with E-state index in [9.17, 15) is 9.18 Å². The van der Waals surface area contributed by atoms with Gasteiger partial charge in [0.15, 0.2) is 0 Å². The van der Waals surface area contributed by atoms with Gasteiger partial charge in [0, 0.05) is 6.42 Å². The van der Waals surface area contributed by atoms with Gasteiger partial charge < -0.3 is 9.88 Å². The number of hydrogen-bond acceptors (Lipinski definition) is 4. The number of amides is 1. The fourth-order valence-electron chi connectivity index (χ4n) is 4.38. The zero-order valence-corrected chi connectivity index (χ0v) is 17.9. The van der Waals surface area contributed by atoms with Gasteiger partial charge in [0.1, 0.15) is 12.0 Å². The van der Waals surface area contributed by atoms with Gasteiger partial charge in [0.25, 0.3) is 5.91 Å². The predicted molar refractivity (Wildman–Crippen MR) is 120 cm³/mol. The van der Waals surface area contributed by atoms with E-state index in [1.54, 1.807) is 29.4 Å². The van der Waals surface area contributed by atoms with Crippen LogP contribution in [0.4, 0.5) is 4.39 Å². The van der Waals surface area contributed by atoms with Crippen LogP contribution in [-0.4, -0.2) is 48.5 Å². The predicted octanol–water partition coefficient (Wildman–Crippen LogP) is 4.33. The van der Waals surface area contributed by atoms with Crippen molar-refractivity contribution in [2.75, 3.05) is 6.54 Å². The summed E-state index contributed by atoms with van der Waals surface area (Å²) in [4.78, 5) is 24.7. The summed E-state index contributed by atoms with van der Waals surface area (Å²) >= 11 is 0. The van der Waals surface area contributed by atoms with Gasteiger partial charge in [0.05, 0.1) is 47.3 Å². The molecular formula is C24H23FN6O. The second-order valence-corrected chi connectivity index (χ2v) is 8.15. The number of halogens is 1. The summed E-state index contributed by atoms with van der Waals surface area (Å²) in [6.07, 6.45) is 3.96. The van der Waals surface area contributed by atoms with Crippen molar-refractivity contribution in [2.45, 2.75) is 32.5 Å². The maximum absolute atomic E-state index is 14.6. The van der Waals surface area contributed by atoms with Crippen LogP contribution in [0.5, 0.6) is 0 Å². The Labute approximate surface area is 184 Å². The van der Waals surface area contributed by atoms with Crippen molar-refractivity contribution < 1.29 is 9.18 Å². The molecule has 0 aliphatic carbocycles. The highest BCUT2D eigenvalue weighted by atomic mass is 19.1. The van der Waals surface area contributed by atoms with Crippen molar-refractivity contribution in [3.8, 4) is 5.69 Å². The molecule has 1 aliphatic heterocycles. The molecule has 1 N–H and O–H groups in total. The molecule has 3 heterocycles. The standard InChI is InChI=1S/C24H23FN6O/c1-4-16-6-7-19-22(15(16)3)29-23(28-19)21-12-17(25)13-30(21)24(32)18-11-14(2)5-8-20(18)31-26-9-10-27-31/h4-11,17,21H,1,12-13H2,2-3H3,(H,28,29). The third-order valence-electron chi connectivity index (χ3n) is 6.03. The number of H-pyrrole nitrogens is 1. The van der Waals surface area contributed by atoms with E-state index in [-0.39, 0.29) is 18.9 Å². The van der Waals surface area contributed by atoms with Crippen LogP contribution in [0, 0.1) is 13.8 Å². The molecule has 0 saturated carbocycles. The lowest BCUT2D eigenvalue weighted by Gasteiger charge is -2.24. The van der Waals surface area contributed by atoms with Gasteiger partial charge >= 0.3 is 0 Å². The third kappa shape index (κ3) is 3.28. The van der Waals surface area contributed by atoms with E-state index in [1.165, 1.54) is 4.80 Å². The summed E-state index contributed by atoms with van der Waals surface area (Å²) < 4.78 is 14.6. The summed E-state index contributed by atoms with van der Waals surface area (Å²) in [6.45, 7) is 7.75. The molecule has 32 heavy (non-hydrogen) atoms. The fourth-order valence-corrected chi connectivity index (χ4v) is 4.38. The number of benzene rings is 2. The number of rotatable bonds is 4. The molecular weight excluding hydrogens is 407 g/mol. The Hall–Kier alpha value is -3.81. The molecule has 2 unspecified atom stereocenters. The number of nitrogens with one attached hydrogen (secondary N) is 1. The van der Waals surface area contributed by atoms with Gasteiger partial charge in [-0.1, -0.05) is 30.4 Å². The molecule has 1 saturated heterocycles. The second-order valence-electron chi connectivity index (χ2n) is 8.15. The Morgan fingerprint density at radius 2 is 2.00 bits per heavy atom. The van der Waals surface area contributed by atoms with E-state index in [1.807, 2.05) is 38.1 Å². The van der Waals surface area contributed by atoms with Crippen LogP contribution in [0.3, 0.4) is 0 Å². The first-order chi connectivity index (χ1) is 15.5. The number of fused-ring (bicyclic) bond motifs is 1. The molecule has 0 bridgehead atoms. The molecule has 2 aromatic carbocycles. The van der Waals surface area contributed by atoms with Crippen LogP contribution in [0.1, 0.15) is 45.3 Å². The first kappa shape index (κ1) is 20.1. The third-order valence-corrected chi connectivity index (χ3v) is 6.03. The molecule has 2 atom stereocenters. The number of alkyl halides is 1. The molecule has 1 aliphatic rings. The lowest BCUT2D eigenvalue weighted by Crippen LogP contribution is -2.32. The van der Waals surface area contributed by atoms with Crippen LogP contribution in [0.15, 0.2) is 49.3 Å². The Balaban J connectivity index is 1.56. The molecule has 1 fully saturated rings. The van der Waals surface area contributed by atoms with Crippen molar-refractivity contribution in [2.24, 2.45) is 0 Å². The van der Waals surface area contributed by atoms with Crippen LogP contribution in [-0.2, 0) is 0 Å². The molecule has 4 aromatic rings. The number of aromatic amines is 1. The molecule has 2 aromatic heterocycles. The SMILES string of the molecule is C=Cc1ccc2[nH]c(C3CC(F)CN3C(=O)c3cc(C)ccc3-n3nccn3)nc2c1C. The normalized spacial score (nSPS) is 18.4. The number of aromatic nitrogens is 5. The van der Waals surface area contributed by atoms with Gasteiger partial charge in [-0.2, -0.15) is 15.0 Å². The lowest BCUT2D eigenvalue weighted by molar-refractivity contribution is 0.0723. The van der Waals surface area contributed by atoms with Crippen molar-refractivity contribution in [1.82, 2.24) is 29.9 Å². The van der Waals surface area contributed by atoms with Gasteiger partial charge in [0.2, 0.25) is 0 Å². The number of imidazole rings is 1. The molecule has 0 radical (unpaired) electrons. The lowest BCUT2D eigenvalue weighted by atomic mass is 10.1. The highest BCUT2D eigenvalue weighted by Gasteiger charge is 2.39. The number of carbonyl (C=O) groups excluding carboxylic acids is 1. The average molecular weight is 430 g/mol. The van der Waals surface area contributed by atoms with Crippen molar-refractivity contribution in [3.05, 3.63) is 77.4 Å². The van der Waals surface area contributed by atoms with Gasteiger partial charge in [-0.25, -0.2) is 9.37 Å². The van der Waals surface area contributed by atoms with E-state index in [0.717, 1.165) is 27.7 Å². The Bertz CT molecular complexity index is 1330. The van der Waals surface area contributed by atoms with E-state index in [0.29, 0.717) is 17.1 Å². The van der Waals surface area contributed by atoms with Crippen molar-refractivity contribution in [1.29, 1.82) is 0 Å². The Morgan fingerprint density at radius 1 is 1.22 bits per heavy atom. The smallest absolute Gasteiger partial charge is 0.256 e. The Morgan fingerprint density at radius 3 is 2.75 bits per heavy atom. The van der Waals surface area contributed by atoms with E-state index in [2.05, 4.69) is 21.8 Å². The van der Waals surface area contributed by atoms with Crippen molar-refractivity contribution in [3.63, 3.8) is 0 Å². The Kier molecular flexibility index (Phi) is 4.84. The van der Waals surface area contributed by atoms with Crippen LogP contribution in [0.2, 0.25) is 0 Å². The van der Waals surface area contributed by atoms with E-state index in [4.69, 9.17) is 4.98 Å². The topological polar surface area (TPSA) is 79.7 Å². The summed E-state index contributed by atoms with van der Waals surface area (Å²) in [5.41, 5.74) is 5.57. The largest absolute Gasteiger partial charge is 0.340 e. The van der Waals surface area contributed by atoms with Gasteiger partial charge in [-0.3, -0.25) is 4.79 Å². The number of likely N-dealkylation sites (tertiary alicyclic amines) is 1. The summed E-state index contributed by atoms with van der Waals surface area (Å²) in [5.74, 6) is 0.319. The average Bonchev–Trinajstić information content (AvgIpc) is 3.53. The summed E-state index contributed by atoms with van der Waals surface area (Å²) in [5, 5.41) is 8.33. The number of carbonyl (C=O) groups is 1. The highest BCUT2D eigenvalue weighted by molar-refractivity contribution is 5.98. The molecule has 7 nitrogen and oxygen atoms in total. The molecule has 162 valence electrons. The highest BCUT2D eigenvalue weighted by Crippen LogP contribution is 2.36. The van der Waals surface area contributed by atoms with E-state index < -0.39 is 12.2 Å². The number of nitrogens with zero attached hydrogens (tertiary/aromatic N) is 5. The minimum Gasteiger partial charge on any atom is -0.340 e. The molecule has 0 spiro atoms. The van der Waals surface area contributed by atoms with Crippen LogP contribution < -0.4 is 0 Å². The van der Waals surface area contributed by atoms with Crippen molar-refractivity contribution >= 4 is 23.0 Å². The zero-order valence-electron chi connectivity index (χ0n) is 17.9. The maximum atomic E-state index is 14.6. The van der Waals surface area contributed by atoms with E-state index >= 15 is 0 Å².